The van der Waals surface area contributed by atoms with Crippen LogP contribution < -0.4 is 9.64 Å². The van der Waals surface area contributed by atoms with E-state index in [9.17, 15) is 18.0 Å². The van der Waals surface area contributed by atoms with Crippen LogP contribution in [-0.4, -0.2) is 43.1 Å². The summed E-state index contributed by atoms with van der Waals surface area (Å²) in [6.07, 6.45) is -0.907. The Morgan fingerprint density at radius 1 is 1.00 bits per heavy atom. The number of benzene rings is 2. The van der Waals surface area contributed by atoms with E-state index in [0.29, 0.717) is 37.9 Å². The molecule has 1 aliphatic heterocycles. The van der Waals surface area contributed by atoms with Gasteiger partial charge in [-0.1, -0.05) is 12.1 Å². The lowest BCUT2D eigenvalue weighted by Gasteiger charge is -2.37. The molecule has 0 radical (unpaired) electrons. The van der Waals surface area contributed by atoms with E-state index in [-0.39, 0.29) is 17.5 Å². The number of piperazine rings is 1. The van der Waals surface area contributed by atoms with Crippen molar-refractivity contribution >= 4 is 11.6 Å². The second kappa shape index (κ2) is 7.68. The van der Waals surface area contributed by atoms with Gasteiger partial charge in [0.1, 0.15) is 11.6 Å². The van der Waals surface area contributed by atoms with E-state index >= 15 is 0 Å². The van der Waals surface area contributed by atoms with Crippen molar-refractivity contribution in [2.45, 2.75) is 13.0 Å². The zero-order valence-corrected chi connectivity index (χ0v) is 14.3. The zero-order valence-electron chi connectivity index (χ0n) is 14.3. The predicted octanol–water partition coefficient (Wildman–Crippen LogP) is 3.22. The number of hydrogen-bond donors (Lipinski definition) is 0. The summed E-state index contributed by atoms with van der Waals surface area (Å²) in [6, 6.07) is 9.44. The van der Waals surface area contributed by atoms with E-state index in [0.717, 1.165) is 12.1 Å². The standard InChI is InChI=1S/C19H19F3N2O2/c1-13(26-18-7-6-14(20)12-16(18)22)19(25)24-10-8-23(9-11-24)17-5-3-2-4-15(17)21/h2-7,12-13H,8-11H2,1H3/t13-/m0/s1. The molecule has 138 valence electrons. The van der Waals surface area contributed by atoms with Crippen LogP contribution in [0.4, 0.5) is 18.9 Å². The minimum absolute atomic E-state index is 0.169. The van der Waals surface area contributed by atoms with E-state index in [1.807, 2.05) is 4.90 Å². The predicted molar refractivity (Wildman–Crippen MR) is 91.6 cm³/mol. The first-order valence-electron chi connectivity index (χ1n) is 8.35. The summed E-state index contributed by atoms with van der Waals surface area (Å²) in [5.41, 5.74) is 0.511. The van der Waals surface area contributed by atoms with Gasteiger partial charge < -0.3 is 14.5 Å². The highest BCUT2D eigenvalue weighted by Crippen LogP contribution is 2.22. The highest BCUT2D eigenvalue weighted by molar-refractivity contribution is 5.81. The monoisotopic (exact) mass is 364 g/mol. The molecule has 0 bridgehead atoms. The SMILES string of the molecule is C[C@H](Oc1ccc(F)cc1F)C(=O)N1CCN(c2ccccc2F)CC1. The summed E-state index contributed by atoms with van der Waals surface area (Å²) in [6.45, 7) is 3.32. The minimum atomic E-state index is -0.907. The van der Waals surface area contributed by atoms with Crippen molar-refractivity contribution in [3.05, 3.63) is 59.9 Å². The number of ether oxygens (including phenoxy) is 1. The Morgan fingerprint density at radius 2 is 1.69 bits per heavy atom. The number of hydrogen-bond acceptors (Lipinski definition) is 3. The first kappa shape index (κ1) is 18.1. The average molecular weight is 364 g/mol. The third-order valence-corrected chi connectivity index (χ3v) is 4.33. The molecule has 1 amide bonds. The van der Waals surface area contributed by atoms with Crippen LogP contribution >= 0.6 is 0 Å². The quantitative estimate of drug-likeness (QED) is 0.835. The van der Waals surface area contributed by atoms with E-state index in [2.05, 4.69) is 0 Å². The molecule has 3 rings (SSSR count). The molecule has 2 aromatic carbocycles. The van der Waals surface area contributed by atoms with Crippen molar-refractivity contribution in [1.29, 1.82) is 0 Å². The Hall–Kier alpha value is -2.70. The largest absolute Gasteiger partial charge is 0.478 e. The van der Waals surface area contributed by atoms with Crippen molar-refractivity contribution in [1.82, 2.24) is 4.90 Å². The molecular weight excluding hydrogens is 345 g/mol. The molecule has 1 saturated heterocycles. The second-order valence-electron chi connectivity index (χ2n) is 6.10. The Labute approximate surface area is 149 Å². The van der Waals surface area contributed by atoms with E-state index < -0.39 is 17.7 Å². The molecule has 2 aromatic rings. The maximum absolute atomic E-state index is 13.9. The van der Waals surface area contributed by atoms with Crippen molar-refractivity contribution < 1.29 is 22.7 Å². The van der Waals surface area contributed by atoms with Crippen LogP contribution in [0.5, 0.6) is 5.75 Å². The molecule has 0 N–H and O–H groups in total. The molecular formula is C19H19F3N2O2. The Morgan fingerprint density at radius 3 is 2.35 bits per heavy atom. The Kier molecular flexibility index (Phi) is 5.35. The average Bonchev–Trinajstić information content (AvgIpc) is 2.64. The third-order valence-electron chi connectivity index (χ3n) is 4.33. The second-order valence-corrected chi connectivity index (χ2v) is 6.10. The van der Waals surface area contributed by atoms with Crippen molar-refractivity contribution in [3.8, 4) is 5.75 Å². The van der Waals surface area contributed by atoms with Crippen LogP contribution in [0.3, 0.4) is 0 Å². The fraction of sp³-hybridized carbons (Fsp3) is 0.316. The minimum Gasteiger partial charge on any atom is -0.478 e. The highest BCUT2D eigenvalue weighted by atomic mass is 19.1. The van der Waals surface area contributed by atoms with Gasteiger partial charge in [-0.3, -0.25) is 4.79 Å². The molecule has 7 heteroatoms. The number of carbonyl (C=O) groups excluding carboxylic acids is 1. The molecule has 1 heterocycles. The van der Waals surface area contributed by atoms with Gasteiger partial charge in [-0.15, -0.1) is 0 Å². The molecule has 0 aliphatic carbocycles. The number of para-hydroxylation sites is 1. The lowest BCUT2D eigenvalue weighted by atomic mass is 10.2. The molecule has 26 heavy (non-hydrogen) atoms. The van der Waals surface area contributed by atoms with Gasteiger partial charge in [0.05, 0.1) is 5.69 Å². The number of amides is 1. The van der Waals surface area contributed by atoms with Crippen molar-refractivity contribution in [2.24, 2.45) is 0 Å². The van der Waals surface area contributed by atoms with Gasteiger partial charge in [-0.05, 0) is 31.2 Å². The lowest BCUT2D eigenvalue weighted by Crippen LogP contribution is -2.52. The number of rotatable bonds is 4. The van der Waals surface area contributed by atoms with Crippen LogP contribution in [0, 0.1) is 17.5 Å². The first-order valence-corrected chi connectivity index (χ1v) is 8.35. The fourth-order valence-corrected chi connectivity index (χ4v) is 2.94. The number of halogens is 3. The summed E-state index contributed by atoms with van der Waals surface area (Å²) < 4.78 is 45.8. The van der Waals surface area contributed by atoms with E-state index in [1.54, 1.807) is 23.1 Å². The van der Waals surface area contributed by atoms with Gasteiger partial charge in [-0.25, -0.2) is 13.2 Å². The number of carbonyl (C=O) groups is 1. The van der Waals surface area contributed by atoms with Crippen molar-refractivity contribution in [3.63, 3.8) is 0 Å². The Bertz CT molecular complexity index is 792. The van der Waals surface area contributed by atoms with Crippen LogP contribution in [-0.2, 0) is 4.79 Å². The summed E-state index contributed by atoms with van der Waals surface area (Å²) in [4.78, 5) is 16.0. The normalized spacial score (nSPS) is 15.7. The van der Waals surface area contributed by atoms with Crippen LogP contribution in [0.2, 0.25) is 0 Å². The lowest BCUT2D eigenvalue weighted by molar-refractivity contribution is -0.138. The maximum Gasteiger partial charge on any atom is 0.263 e. The van der Waals surface area contributed by atoms with Gasteiger partial charge in [0.25, 0.3) is 5.91 Å². The van der Waals surface area contributed by atoms with Crippen LogP contribution in [0.1, 0.15) is 6.92 Å². The number of anilines is 1. The van der Waals surface area contributed by atoms with Gasteiger partial charge in [-0.2, -0.15) is 0 Å². The van der Waals surface area contributed by atoms with Gasteiger partial charge >= 0.3 is 0 Å². The van der Waals surface area contributed by atoms with Gasteiger partial charge in [0.2, 0.25) is 0 Å². The van der Waals surface area contributed by atoms with E-state index in [4.69, 9.17) is 4.74 Å². The maximum atomic E-state index is 13.9. The summed E-state index contributed by atoms with van der Waals surface area (Å²) >= 11 is 0. The molecule has 0 unspecified atom stereocenters. The summed E-state index contributed by atoms with van der Waals surface area (Å²) in [5.74, 6) is -2.32. The first-order chi connectivity index (χ1) is 12.5. The number of nitrogens with zero attached hydrogens (tertiary/aromatic N) is 2. The third kappa shape index (κ3) is 3.92. The zero-order chi connectivity index (χ0) is 18.7. The molecule has 0 saturated carbocycles. The Balaban J connectivity index is 1.58. The molecule has 1 fully saturated rings. The molecule has 1 atom stereocenters. The summed E-state index contributed by atoms with van der Waals surface area (Å²) in [7, 11) is 0. The molecule has 4 nitrogen and oxygen atoms in total. The fourth-order valence-electron chi connectivity index (χ4n) is 2.94. The van der Waals surface area contributed by atoms with Crippen LogP contribution in [0.25, 0.3) is 0 Å². The van der Waals surface area contributed by atoms with Gasteiger partial charge in [0, 0.05) is 32.2 Å². The van der Waals surface area contributed by atoms with E-state index in [1.165, 1.54) is 13.0 Å². The smallest absolute Gasteiger partial charge is 0.263 e. The van der Waals surface area contributed by atoms with Crippen LogP contribution in [0.15, 0.2) is 42.5 Å². The topological polar surface area (TPSA) is 32.8 Å². The molecule has 1 aliphatic rings. The molecule has 0 aromatic heterocycles. The van der Waals surface area contributed by atoms with Crippen molar-refractivity contribution in [2.75, 3.05) is 31.1 Å². The van der Waals surface area contributed by atoms with Gasteiger partial charge in [0.15, 0.2) is 17.7 Å². The highest BCUT2D eigenvalue weighted by Gasteiger charge is 2.27. The molecule has 0 spiro atoms. The summed E-state index contributed by atoms with van der Waals surface area (Å²) in [5, 5.41) is 0.